The summed E-state index contributed by atoms with van der Waals surface area (Å²) in [6.45, 7) is 3.95. The Morgan fingerprint density at radius 1 is 1.59 bits per heavy atom. The molecule has 1 aliphatic rings. The third kappa shape index (κ3) is 2.69. The minimum absolute atomic E-state index is 0.0203. The highest BCUT2D eigenvalue weighted by Crippen LogP contribution is 2.35. The highest BCUT2D eigenvalue weighted by Gasteiger charge is 2.27. The van der Waals surface area contributed by atoms with Crippen molar-refractivity contribution >= 4 is 5.91 Å². The molecule has 1 saturated carbocycles. The van der Waals surface area contributed by atoms with Gasteiger partial charge >= 0.3 is 0 Å². The van der Waals surface area contributed by atoms with Gasteiger partial charge in [-0.3, -0.25) is 4.79 Å². The summed E-state index contributed by atoms with van der Waals surface area (Å²) in [6, 6.07) is 4.06. The van der Waals surface area contributed by atoms with Crippen molar-refractivity contribution in [3.05, 3.63) is 24.0 Å². The highest BCUT2D eigenvalue weighted by molar-refractivity contribution is 5.93. The maximum absolute atomic E-state index is 12.1. The molecule has 1 atom stereocenters. The molecule has 0 spiro atoms. The van der Waals surface area contributed by atoms with Crippen LogP contribution in [0.4, 0.5) is 0 Å². The van der Waals surface area contributed by atoms with E-state index in [1.807, 2.05) is 36.7 Å². The van der Waals surface area contributed by atoms with Gasteiger partial charge in [-0.1, -0.05) is 13.8 Å². The van der Waals surface area contributed by atoms with Gasteiger partial charge in [0.2, 0.25) is 0 Å². The number of nitrogens with zero attached hydrogens (tertiary/aromatic N) is 1. The second-order valence-electron chi connectivity index (χ2n) is 5.04. The van der Waals surface area contributed by atoms with Crippen molar-refractivity contribution in [1.29, 1.82) is 0 Å². The van der Waals surface area contributed by atoms with Gasteiger partial charge in [0.25, 0.3) is 5.91 Å². The first kappa shape index (κ1) is 12.2. The Hall–Kier alpha value is -1.29. The Kier molecular flexibility index (Phi) is 3.52. The lowest BCUT2D eigenvalue weighted by molar-refractivity contribution is 0.0887. The van der Waals surface area contributed by atoms with Gasteiger partial charge in [0.15, 0.2) is 0 Å². The zero-order valence-electron chi connectivity index (χ0n) is 10.4. The fraction of sp³-hybridized carbons (Fsp3) is 0.615. The van der Waals surface area contributed by atoms with Crippen molar-refractivity contribution in [2.24, 2.45) is 5.92 Å². The molecule has 1 aromatic rings. The van der Waals surface area contributed by atoms with Crippen LogP contribution >= 0.6 is 0 Å². The van der Waals surface area contributed by atoms with Crippen LogP contribution in [-0.4, -0.2) is 28.2 Å². The van der Waals surface area contributed by atoms with Gasteiger partial charge in [-0.2, -0.15) is 0 Å². The molecule has 1 fully saturated rings. The van der Waals surface area contributed by atoms with E-state index in [4.69, 9.17) is 0 Å². The van der Waals surface area contributed by atoms with E-state index in [0.717, 1.165) is 12.8 Å². The van der Waals surface area contributed by atoms with Gasteiger partial charge in [0.1, 0.15) is 5.69 Å². The molecule has 4 heteroatoms. The van der Waals surface area contributed by atoms with Crippen molar-refractivity contribution in [2.75, 3.05) is 6.61 Å². The number of rotatable bonds is 5. The number of aromatic nitrogens is 1. The minimum atomic E-state index is -0.176. The molecule has 2 rings (SSSR count). The van der Waals surface area contributed by atoms with Crippen LogP contribution in [-0.2, 0) is 0 Å². The Morgan fingerprint density at radius 2 is 2.29 bits per heavy atom. The fourth-order valence-electron chi connectivity index (χ4n) is 1.92. The lowest BCUT2D eigenvalue weighted by Crippen LogP contribution is -2.41. The van der Waals surface area contributed by atoms with Gasteiger partial charge in [0.05, 0.1) is 12.6 Å². The molecule has 1 heterocycles. The average molecular weight is 236 g/mol. The second-order valence-corrected chi connectivity index (χ2v) is 5.04. The average Bonchev–Trinajstić information content (AvgIpc) is 3.03. The van der Waals surface area contributed by atoms with Crippen molar-refractivity contribution in [3.8, 4) is 0 Å². The third-order valence-electron chi connectivity index (χ3n) is 3.27. The fourth-order valence-corrected chi connectivity index (χ4v) is 1.92. The second kappa shape index (κ2) is 4.92. The molecular formula is C13H20N2O2. The van der Waals surface area contributed by atoms with E-state index < -0.39 is 0 Å². The van der Waals surface area contributed by atoms with Gasteiger partial charge in [0, 0.05) is 12.2 Å². The Balaban J connectivity index is 2.06. The zero-order chi connectivity index (χ0) is 12.4. The Morgan fingerprint density at radius 3 is 2.82 bits per heavy atom. The van der Waals surface area contributed by atoms with Crippen LogP contribution < -0.4 is 5.32 Å². The smallest absolute Gasteiger partial charge is 0.268 e. The maximum atomic E-state index is 12.1. The van der Waals surface area contributed by atoms with E-state index in [2.05, 4.69) is 5.32 Å². The monoisotopic (exact) mass is 236 g/mol. The number of hydrogen-bond acceptors (Lipinski definition) is 2. The molecule has 1 aromatic heterocycles. The first-order valence-electron chi connectivity index (χ1n) is 6.22. The van der Waals surface area contributed by atoms with Crippen LogP contribution in [0, 0.1) is 5.92 Å². The van der Waals surface area contributed by atoms with E-state index in [0.29, 0.717) is 11.7 Å². The molecule has 2 N–H and O–H groups in total. The molecular weight excluding hydrogens is 216 g/mol. The number of carbonyl (C=O) groups is 1. The number of carbonyl (C=O) groups excluding carboxylic acids is 1. The topological polar surface area (TPSA) is 54.3 Å². The highest BCUT2D eigenvalue weighted by atomic mass is 16.3. The van der Waals surface area contributed by atoms with E-state index in [1.54, 1.807) is 0 Å². The predicted octanol–water partition coefficient (Wildman–Crippen LogP) is 1.57. The molecule has 17 heavy (non-hydrogen) atoms. The first-order chi connectivity index (χ1) is 8.13. The molecule has 4 nitrogen and oxygen atoms in total. The molecule has 0 aliphatic heterocycles. The summed E-state index contributed by atoms with van der Waals surface area (Å²) in [7, 11) is 0. The van der Waals surface area contributed by atoms with Gasteiger partial charge in [-0.25, -0.2) is 0 Å². The minimum Gasteiger partial charge on any atom is -0.394 e. The van der Waals surface area contributed by atoms with Crippen LogP contribution in [0.3, 0.4) is 0 Å². The Labute approximate surface area is 102 Å². The maximum Gasteiger partial charge on any atom is 0.268 e. The molecule has 0 aromatic carbocycles. The lowest BCUT2D eigenvalue weighted by Gasteiger charge is -2.20. The largest absolute Gasteiger partial charge is 0.394 e. The number of aliphatic hydroxyl groups is 1. The van der Waals surface area contributed by atoms with E-state index >= 15 is 0 Å². The van der Waals surface area contributed by atoms with Crippen LogP contribution in [0.15, 0.2) is 18.3 Å². The number of hydrogen-bond donors (Lipinski definition) is 2. The Bertz CT molecular complexity index is 394. The van der Waals surface area contributed by atoms with Crippen LogP contribution in [0.5, 0.6) is 0 Å². The predicted molar refractivity (Wildman–Crippen MR) is 65.9 cm³/mol. The summed E-state index contributed by atoms with van der Waals surface area (Å²) in [5.74, 6) is 0.142. The van der Waals surface area contributed by atoms with Crippen molar-refractivity contribution in [2.45, 2.75) is 38.8 Å². The summed E-state index contributed by atoms with van der Waals surface area (Å²) < 4.78 is 2.03. The summed E-state index contributed by atoms with van der Waals surface area (Å²) in [4.78, 5) is 12.1. The lowest BCUT2D eigenvalue weighted by atomic mass is 10.1. The van der Waals surface area contributed by atoms with E-state index in [1.165, 1.54) is 0 Å². The van der Waals surface area contributed by atoms with Crippen LogP contribution in [0.2, 0.25) is 0 Å². The normalized spacial score (nSPS) is 17.2. The summed E-state index contributed by atoms with van der Waals surface area (Å²) >= 11 is 0. The quantitative estimate of drug-likeness (QED) is 0.815. The van der Waals surface area contributed by atoms with Gasteiger partial charge in [-0.15, -0.1) is 0 Å². The van der Waals surface area contributed by atoms with Crippen molar-refractivity contribution in [1.82, 2.24) is 9.88 Å². The molecule has 0 radical (unpaired) electrons. The SMILES string of the molecule is CC(C)C(CO)NC(=O)c1cccn1C1CC1. The van der Waals surface area contributed by atoms with E-state index in [9.17, 15) is 9.90 Å². The first-order valence-corrected chi connectivity index (χ1v) is 6.22. The zero-order valence-corrected chi connectivity index (χ0v) is 10.4. The van der Waals surface area contributed by atoms with E-state index in [-0.39, 0.29) is 24.5 Å². The summed E-state index contributed by atoms with van der Waals surface area (Å²) in [5.41, 5.74) is 0.701. The van der Waals surface area contributed by atoms with Crippen molar-refractivity contribution < 1.29 is 9.90 Å². The molecule has 1 aliphatic carbocycles. The summed E-state index contributed by atoms with van der Waals surface area (Å²) in [5, 5.41) is 12.1. The standard InChI is InChI=1S/C13H20N2O2/c1-9(2)11(8-16)14-13(17)12-4-3-7-15(12)10-5-6-10/h3-4,7,9-11,16H,5-6,8H2,1-2H3,(H,14,17). The summed E-state index contributed by atoms with van der Waals surface area (Å²) in [6.07, 6.45) is 4.26. The van der Waals surface area contributed by atoms with Crippen molar-refractivity contribution in [3.63, 3.8) is 0 Å². The molecule has 94 valence electrons. The number of nitrogens with one attached hydrogen (secondary N) is 1. The molecule has 1 unspecified atom stereocenters. The van der Waals surface area contributed by atoms with Gasteiger partial charge < -0.3 is 15.0 Å². The number of aliphatic hydroxyl groups excluding tert-OH is 1. The number of amides is 1. The molecule has 0 bridgehead atoms. The van der Waals surface area contributed by atoms with Crippen LogP contribution in [0.1, 0.15) is 43.2 Å². The molecule has 1 amide bonds. The van der Waals surface area contributed by atoms with Crippen LogP contribution in [0.25, 0.3) is 0 Å². The third-order valence-corrected chi connectivity index (χ3v) is 3.27. The van der Waals surface area contributed by atoms with Gasteiger partial charge in [-0.05, 0) is 30.9 Å². The molecule has 0 saturated heterocycles.